The fourth-order valence-electron chi connectivity index (χ4n) is 2.44. The van der Waals surface area contributed by atoms with Crippen LogP contribution in [0.2, 0.25) is 0 Å². The van der Waals surface area contributed by atoms with E-state index in [0.717, 1.165) is 36.6 Å². The molecular formula is C20H28N4OS. The Kier molecular flexibility index (Phi) is 8.15. The van der Waals surface area contributed by atoms with Crippen molar-refractivity contribution >= 4 is 28.9 Å². The molecule has 1 heterocycles. The van der Waals surface area contributed by atoms with Crippen molar-refractivity contribution in [3.8, 4) is 0 Å². The molecule has 5 nitrogen and oxygen atoms in total. The Hall–Kier alpha value is -2.34. The van der Waals surface area contributed by atoms with E-state index < -0.39 is 0 Å². The number of carbonyl (C=O) groups is 1. The lowest BCUT2D eigenvalue weighted by atomic mass is 10.2. The topological polar surface area (TPSA) is 65.5 Å². The fourth-order valence-corrected chi connectivity index (χ4v) is 3.34. The van der Waals surface area contributed by atoms with Crippen LogP contribution >= 0.6 is 11.3 Å². The van der Waals surface area contributed by atoms with Crippen LogP contribution in [0.25, 0.3) is 0 Å². The molecule has 26 heavy (non-hydrogen) atoms. The molecule has 0 spiro atoms. The molecule has 0 saturated heterocycles. The summed E-state index contributed by atoms with van der Waals surface area (Å²) >= 11 is 1.83. The van der Waals surface area contributed by atoms with Gasteiger partial charge in [-0.25, -0.2) is 0 Å². The van der Waals surface area contributed by atoms with Gasteiger partial charge in [-0.1, -0.05) is 26.0 Å². The molecule has 0 saturated carbocycles. The van der Waals surface area contributed by atoms with Crippen LogP contribution in [0.1, 0.15) is 42.0 Å². The van der Waals surface area contributed by atoms with Gasteiger partial charge in [-0.05, 0) is 42.7 Å². The van der Waals surface area contributed by atoms with Gasteiger partial charge in [0.25, 0.3) is 0 Å². The van der Waals surface area contributed by atoms with Crippen molar-refractivity contribution in [1.29, 1.82) is 0 Å². The van der Waals surface area contributed by atoms with Crippen LogP contribution in [-0.2, 0) is 24.3 Å². The number of thiophene rings is 1. The molecule has 0 unspecified atom stereocenters. The molecule has 0 bridgehead atoms. The standard InChI is InChI=1S/C20H28N4OS/c1-4-6-19(25)24-16-9-7-15(8-10-16)13-22-20(21-3)23-14-18-12-11-17(5-2)26-18/h7-12H,4-6,13-14H2,1-3H3,(H,24,25)(H2,21,22,23). The lowest BCUT2D eigenvalue weighted by Crippen LogP contribution is -2.36. The van der Waals surface area contributed by atoms with Crippen LogP contribution < -0.4 is 16.0 Å². The number of aryl methyl sites for hydroxylation is 1. The second-order valence-corrected chi connectivity index (χ2v) is 7.25. The number of carbonyl (C=O) groups excluding carboxylic acids is 1. The maximum atomic E-state index is 11.6. The van der Waals surface area contributed by atoms with Gasteiger partial charge in [0.2, 0.25) is 5.91 Å². The van der Waals surface area contributed by atoms with Crippen LogP contribution in [0.15, 0.2) is 41.4 Å². The van der Waals surface area contributed by atoms with E-state index in [-0.39, 0.29) is 5.91 Å². The van der Waals surface area contributed by atoms with Crippen LogP contribution in [0.3, 0.4) is 0 Å². The number of nitrogens with one attached hydrogen (secondary N) is 3. The van der Waals surface area contributed by atoms with E-state index >= 15 is 0 Å². The molecule has 0 aliphatic heterocycles. The van der Waals surface area contributed by atoms with Gasteiger partial charge < -0.3 is 16.0 Å². The number of rotatable bonds is 8. The number of guanidine groups is 1. The number of benzene rings is 1. The molecule has 1 aromatic carbocycles. The number of hydrogen-bond donors (Lipinski definition) is 3. The zero-order valence-electron chi connectivity index (χ0n) is 15.8. The summed E-state index contributed by atoms with van der Waals surface area (Å²) in [6.45, 7) is 5.61. The van der Waals surface area contributed by atoms with Gasteiger partial charge in [0.1, 0.15) is 0 Å². The average molecular weight is 373 g/mol. The first-order valence-electron chi connectivity index (χ1n) is 9.05. The van der Waals surface area contributed by atoms with Crippen LogP contribution in [0, 0.1) is 0 Å². The highest BCUT2D eigenvalue weighted by molar-refractivity contribution is 7.11. The van der Waals surface area contributed by atoms with Crippen LogP contribution in [0.5, 0.6) is 0 Å². The van der Waals surface area contributed by atoms with E-state index in [4.69, 9.17) is 0 Å². The Morgan fingerprint density at radius 2 is 1.69 bits per heavy atom. The molecule has 0 atom stereocenters. The van der Waals surface area contributed by atoms with Gasteiger partial charge >= 0.3 is 0 Å². The summed E-state index contributed by atoms with van der Waals surface area (Å²) in [7, 11) is 1.77. The predicted octanol–water partition coefficient (Wildman–Crippen LogP) is 3.91. The lowest BCUT2D eigenvalue weighted by molar-refractivity contribution is -0.116. The zero-order valence-corrected chi connectivity index (χ0v) is 16.6. The van der Waals surface area contributed by atoms with Crippen LogP contribution in [0.4, 0.5) is 5.69 Å². The monoisotopic (exact) mass is 372 g/mol. The van der Waals surface area contributed by atoms with Crippen molar-refractivity contribution in [1.82, 2.24) is 10.6 Å². The largest absolute Gasteiger partial charge is 0.352 e. The molecule has 0 radical (unpaired) electrons. The Morgan fingerprint density at radius 1 is 1.00 bits per heavy atom. The van der Waals surface area contributed by atoms with E-state index in [1.54, 1.807) is 7.05 Å². The average Bonchev–Trinajstić information content (AvgIpc) is 3.11. The second kappa shape index (κ2) is 10.6. The van der Waals surface area contributed by atoms with Gasteiger partial charge in [0.15, 0.2) is 5.96 Å². The molecule has 1 amide bonds. The van der Waals surface area contributed by atoms with Gasteiger partial charge in [-0.2, -0.15) is 0 Å². The summed E-state index contributed by atoms with van der Waals surface area (Å²) in [5.74, 6) is 0.833. The van der Waals surface area contributed by atoms with Crippen molar-refractivity contribution in [3.05, 3.63) is 51.7 Å². The van der Waals surface area contributed by atoms with Crippen molar-refractivity contribution in [3.63, 3.8) is 0 Å². The van der Waals surface area contributed by atoms with Crippen molar-refractivity contribution in [2.24, 2.45) is 4.99 Å². The quantitative estimate of drug-likeness (QED) is 0.486. The number of aliphatic imine (C=N–C) groups is 1. The van der Waals surface area contributed by atoms with Crippen molar-refractivity contribution < 1.29 is 4.79 Å². The second-order valence-electron chi connectivity index (χ2n) is 6.00. The van der Waals surface area contributed by atoms with Crippen molar-refractivity contribution in [2.75, 3.05) is 12.4 Å². The van der Waals surface area contributed by atoms with E-state index in [1.165, 1.54) is 9.75 Å². The lowest BCUT2D eigenvalue weighted by Gasteiger charge is -2.12. The molecule has 2 aromatic rings. The Bertz CT molecular complexity index is 722. The van der Waals surface area contributed by atoms with E-state index in [0.29, 0.717) is 13.0 Å². The normalized spacial score (nSPS) is 11.3. The maximum Gasteiger partial charge on any atom is 0.224 e. The highest BCUT2D eigenvalue weighted by Crippen LogP contribution is 2.16. The Morgan fingerprint density at radius 3 is 2.31 bits per heavy atom. The summed E-state index contributed by atoms with van der Waals surface area (Å²) in [6, 6.07) is 12.2. The highest BCUT2D eigenvalue weighted by Gasteiger charge is 2.03. The first kappa shape index (κ1) is 20.0. The molecule has 3 N–H and O–H groups in total. The minimum absolute atomic E-state index is 0.0581. The molecule has 0 aliphatic rings. The third kappa shape index (κ3) is 6.52. The zero-order chi connectivity index (χ0) is 18.8. The summed E-state index contributed by atoms with van der Waals surface area (Å²) in [5, 5.41) is 9.55. The molecule has 2 rings (SSSR count). The minimum atomic E-state index is 0.0581. The molecule has 140 valence electrons. The van der Waals surface area contributed by atoms with Gasteiger partial charge in [0.05, 0.1) is 6.54 Å². The maximum absolute atomic E-state index is 11.6. The van der Waals surface area contributed by atoms with Gasteiger partial charge in [-0.15, -0.1) is 11.3 Å². The first-order chi connectivity index (χ1) is 12.6. The molecule has 6 heteroatoms. The summed E-state index contributed by atoms with van der Waals surface area (Å²) < 4.78 is 0. The molecular weight excluding hydrogens is 344 g/mol. The number of amides is 1. The predicted molar refractivity (Wildman–Crippen MR) is 111 cm³/mol. The minimum Gasteiger partial charge on any atom is -0.352 e. The number of hydrogen-bond acceptors (Lipinski definition) is 3. The summed E-state index contributed by atoms with van der Waals surface area (Å²) in [4.78, 5) is 18.6. The Balaban J connectivity index is 1.79. The summed E-state index contributed by atoms with van der Waals surface area (Å²) in [6.07, 6.45) is 2.48. The molecule has 0 fully saturated rings. The number of nitrogens with zero attached hydrogens (tertiary/aromatic N) is 1. The van der Waals surface area contributed by atoms with E-state index in [1.807, 2.05) is 42.5 Å². The smallest absolute Gasteiger partial charge is 0.224 e. The highest BCUT2D eigenvalue weighted by atomic mass is 32.1. The van der Waals surface area contributed by atoms with E-state index in [2.05, 4.69) is 40.0 Å². The van der Waals surface area contributed by atoms with Crippen LogP contribution in [-0.4, -0.2) is 18.9 Å². The molecule has 1 aromatic heterocycles. The Labute approximate surface area is 159 Å². The first-order valence-corrected chi connectivity index (χ1v) is 9.87. The summed E-state index contributed by atoms with van der Waals surface area (Å²) in [5.41, 5.74) is 1.96. The SMILES string of the molecule is CCCC(=O)Nc1ccc(CNC(=NC)NCc2ccc(CC)s2)cc1. The molecule has 0 aliphatic carbocycles. The van der Waals surface area contributed by atoms with E-state index in [9.17, 15) is 4.79 Å². The number of anilines is 1. The third-order valence-corrected chi connectivity index (χ3v) is 5.12. The van der Waals surface area contributed by atoms with Crippen molar-refractivity contribution in [2.45, 2.75) is 46.2 Å². The fraction of sp³-hybridized carbons (Fsp3) is 0.400. The third-order valence-electron chi connectivity index (χ3n) is 3.89. The van der Waals surface area contributed by atoms with Gasteiger partial charge in [0, 0.05) is 35.5 Å². The van der Waals surface area contributed by atoms with Gasteiger partial charge in [-0.3, -0.25) is 9.79 Å².